The van der Waals surface area contributed by atoms with Crippen molar-refractivity contribution < 1.29 is 29.3 Å². The Morgan fingerprint density at radius 1 is 0.921 bits per heavy atom. The number of esters is 1. The number of fused-ring (bicyclic) bond motifs is 1. The number of aromatic carboxylic acids is 1. The highest BCUT2D eigenvalue weighted by Crippen LogP contribution is 2.28. The van der Waals surface area contributed by atoms with Crippen LogP contribution in [-0.2, 0) is 16.0 Å². The second kappa shape index (κ2) is 11.1. The number of methoxy groups -OCH3 is 1. The van der Waals surface area contributed by atoms with E-state index in [-0.39, 0.29) is 23.4 Å². The summed E-state index contributed by atoms with van der Waals surface area (Å²) in [5, 5.41) is 22.4. The molecule has 0 saturated heterocycles. The molecule has 194 valence electrons. The second-order valence-electron chi connectivity index (χ2n) is 9.29. The molecule has 0 aliphatic heterocycles. The van der Waals surface area contributed by atoms with Crippen molar-refractivity contribution >= 4 is 28.7 Å². The fourth-order valence-electron chi connectivity index (χ4n) is 4.19. The molecule has 0 aliphatic rings. The number of nitrogens with zero attached hydrogens (tertiary/aromatic N) is 1. The number of aromatic hydroxyl groups is 1. The first-order valence-corrected chi connectivity index (χ1v) is 12.1. The number of carboxylic acid groups (broad SMARTS) is 1. The molecule has 0 radical (unpaired) electrons. The number of aromatic nitrogens is 1. The molecule has 3 aromatic carbocycles. The minimum Gasteiger partial charge on any atom is -0.508 e. The summed E-state index contributed by atoms with van der Waals surface area (Å²) in [4.78, 5) is 42.0. The number of hydrogen-bond donors (Lipinski definition) is 3. The zero-order valence-corrected chi connectivity index (χ0v) is 21.3. The molecule has 3 N–H and O–H groups in total. The predicted octanol–water partition coefficient (Wildman–Crippen LogP) is 4.94. The zero-order chi connectivity index (χ0) is 27.4. The van der Waals surface area contributed by atoms with Crippen molar-refractivity contribution in [3.63, 3.8) is 0 Å². The fraction of sp³-hybridized carbons (Fsp3) is 0.200. The van der Waals surface area contributed by atoms with Crippen LogP contribution in [-0.4, -0.2) is 46.2 Å². The van der Waals surface area contributed by atoms with Gasteiger partial charge in [0.15, 0.2) is 0 Å². The number of nitrogens with one attached hydrogen (secondary N) is 1. The summed E-state index contributed by atoms with van der Waals surface area (Å²) >= 11 is 0. The number of rotatable bonds is 8. The highest BCUT2D eigenvalue weighted by Gasteiger charge is 2.25. The summed E-state index contributed by atoms with van der Waals surface area (Å²) < 4.78 is 4.84. The van der Waals surface area contributed by atoms with E-state index in [2.05, 4.69) is 24.1 Å². The molecule has 1 heterocycles. The van der Waals surface area contributed by atoms with E-state index in [0.717, 1.165) is 11.1 Å². The van der Waals surface area contributed by atoms with Crippen LogP contribution in [0.4, 0.5) is 0 Å². The van der Waals surface area contributed by atoms with E-state index in [4.69, 9.17) is 4.74 Å². The molecule has 0 aliphatic carbocycles. The Bertz CT molecular complexity index is 1490. The second-order valence-corrected chi connectivity index (χ2v) is 9.29. The maximum Gasteiger partial charge on any atom is 0.336 e. The molecule has 4 rings (SSSR count). The zero-order valence-electron chi connectivity index (χ0n) is 21.3. The lowest BCUT2D eigenvalue weighted by atomic mass is 9.97. The number of benzene rings is 3. The molecule has 8 heteroatoms. The SMILES string of the molecule is COC(=O)[C@H](Cc1ccc(O)cc1)NC(=O)c1cc(C(=O)O)c2cc(-c3ccc(C(C)C)cc3)ccc2n1. The minimum absolute atomic E-state index is 0.0738. The van der Waals surface area contributed by atoms with Gasteiger partial charge in [0, 0.05) is 11.8 Å². The Hall–Kier alpha value is -4.72. The van der Waals surface area contributed by atoms with Crippen LogP contribution in [0.5, 0.6) is 5.75 Å². The van der Waals surface area contributed by atoms with Crippen LogP contribution < -0.4 is 5.32 Å². The summed E-state index contributed by atoms with van der Waals surface area (Å²) in [5.41, 5.74) is 3.78. The third kappa shape index (κ3) is 5.81. The molecule has 1 atom stereocenters. The normalized spacial score (nSPS) is 11.8. The number of ether oxygens (including phenoxy) is 1. The fourth-order valence-corrected chi connectivity index (χ4v) is 4.19. The van der Waals surface area contributed by atoms with E-state index < -0.39 is 23.9 Å². The molecule has 8 nitrogen and oxygen atoms in total. The van der Waals surface area contributed by atoms with E-state index in [1.807, 2.05) is 30.3 Å². The topological polar surface area (TPSA) is 126 Å². The van der Waals surface area contributed by atoms with Gasteiger partial charge in [-0.15, -0.1) is 0 Å². The Labute approximate surface area is 219 Å². The first-order valence-electron chi connectivity index (χ1n) is 12.1. The first-order chi connectivity index (χ1) is 18.2. The maximum atomic E-state index is 13.1. The van der Waals surface area contributed by atoms with E-state index in [1.54, 1.807) is 24.3 Å². The lowest BCUT2D eigenvalue weighted by Gasteiger charge is -2.17. The molecular formula is C30H28N2O6. The molecule has 0 bridgehead atoms. The predicted molar refractivity (Wildman–Crippen MR) is 143 cm³/mol. The lowest BCUT2D eigenvalue weighted by molar-refractivity contribution is -0.142. The van der Waals surface area contributed by atoms with Crippen LogP contribution in [0.1, 0.15) is 51.7 Å². The first kappa shape index (κ1) is 26.3. The van der Waals surface area contributed by atoms with Crippen LogP contribution in [0.2, 0.25) is 0 Å². The Morgan fingerprint density at radius 2 is 1.58 bits per heavy atom. The van der Waals surface area contributed by atoms with E-state index >= 15 is 0 Å². The number of pyridine rings is 1. The van der Waals surface area contributed by atoms with Gasteiger partial charge in [-0.25, -0.2) is 14.6 Å². The Kier molecular flexibility index (Phi) is 7.71. The summed E-state index contributed by atoms with van der Waals surface area (Å²) in [5.74, 6) is -2.11. The number of carbonyl (C=O) groups is 3. The van der Waals surface area contributed by atoms with Crippen LogP contribution in [0.25, 0.3) is 22.0 Å². The number of amides is 1. The Morgan fingerprint density at radius 3 is 2.18 bits per heavy atom. The molecule has 4 aromatic rings. The van der Waals surface area contributed by atoms with Gasteiger partial charge in [-0.2, -0.15) is 0 Å². The average molecular weight is 513 g/mol. The standard InChI is InChI=1S/C30H28N2O6/c1-17(2)19-6-8-20(9-7-19)21-10-13-25-23(15-21)24(29(35)36)16-26(31-25)28(34)32-27(30(37)38-3)14-18-4-11-22(33)12-5-18/h4-13,15-17,27,33H,14H2,1-3H3,(H,32,34)(H,35,36)/t27-/m0/s1. The molecule has 38 heavy (non-hydrogen) atoms. The highest BCUT2D eigenvalue weighted by atomic mass is 16.5. The summed E-state index contributed by atoms with van der Waals surface area (Å²) in [6.45, 7) is 4.23. The summed E-state index contributed by atoms with van der Waals surface area (Å²) in [6.07, 6.45) is 0.108. The quantitative estimate of drug-likeness (QED) is 0.285. The largest absolute Gasteiger partial charge is 0.508 e. The molecular weight excluding hydrogens is 484 g/mol. The van der Waals surface area contributed by atoms with Crippen molar-refractivity contribution in [1.82, 2.24) is 10.3 Å². The number of phenolic OH excluding ortho intramolecular Hbond substituents is 1. The van der Waals surface area contributed by atoms with Crippen LogP contribution in [0.15, 0.2) is 72.8 Å². The summed E-state index contributed by atoms with van der Waals surface area (Å²) in [6, 6.07) is 19.7. The monoisotopic (exact) mass is 512 g/mol. The van der Waals surface area contributed by atoms with Crippen molar-refractivity contribution in [2.45, 2.75) is 32.2 Å². The smallest absolute Gasteiger partial charge is 0.336 e. The molecule has 0 saturated carbocycles. The van der Waals surface area contributed by atoms with Gasteiger partial charge in [-0.1, -0.05) is 56.3 Å². The van der Waals surface area contributed by atoms with Crippen LogP contribution in [0, 0.1) is 0 Å². The lowest BCUT2D eigenvalue weighted by Crippen LogP contribution is -2.43. The van der Waals surface area contributed by atoms with Gasteiger partial charge in [0.25, 0.3) is 5.91 Å². The van der Waals surface area contributed by atoms with Crippen molar-refractivity contribution in [2.24, 2.45) is 0 Å². The van der Waals surface area contributed by atoms with Gasteiger partial charge in [-0.3, -0.25) is 4.79 Å². The van der Waals surface area contributed by atoms with Crippen LogP contribution >= 0.6 is 0 Å². The van der Waals surface area contributed by atoms with Gasteiger partial charge in [0.05, 0.1) is 18.2 Å². The number of carboxylic acids is 1. The van der Waals surface area contributed by atoms with Gasteiger partial charge in [0.2, 0.25) is 0 Å². The third-order valence-electron chi connectivity index (χ3n) is 6.35. The molecule has 0 spiro atoms. The van der Waals surface area contributed by atoms with Crippen molar-refractivity contribution in [1.29, 1.82) is 0 Å². The minimum atomic E-state index is -1.20. The van der Waals surface area contributed by atoms with Gasteiger partial charge in [0.1, 0.15) is 17.5 Å². The van der Waals surface area contributed by atoms with Gasteiger partial charge in [-0.05, 0) is 58.5 Å². The van der Waals surface area contributed by atoms with Gasteiger partial charge < -0.3 is 20.3 Å². The highest BCUT2D eigenvalue weighted by molar-refractivity contribution is 6.07. The van der Waals surface area contributed by atoms with E-state index in [0.29, 0.717) is 22.4 Å². The number of phenols is 1. The maximum absolute atomic E-state index is 13.1. The molecule has 0 fully saturated rings. The number of carbonyl (C=O) groups excluding carboxylic acids is 2. The van der Waals surface area contributed by atoms with Crippen molar-refractivity contribution in [2.75, 3.05) is 7.11 Å². The van der Waals surface area contributed by atoms with E-state index in [9.17, 15) is 24.6 Å². The van der Waals surface area contributed by atoms with E-state index in [1.165, 1.54) is 30.9 Å². The van der Waals surface area contributed by atoms with Crippen molar-refractivity contribution in [3.8, 4) is 16.9 Å². The Balaban J connectivity index is 1.65. The van der Waals surface area contributed by atoms with Crippen molar-refractivity contribution in [3.05, 3.63) is 95.2 Å². The number of hydrogen-bond acceptors (Lipinski definition) is 6. The molecule has 0 unspecified atom stereocenters. The molecule has 1 amide bonds. The molecule has 1 aromatic heterocycles. The van der Waals surface area contributed by atoms with Crippen LogP contribution in [0.3, 0.4) is 0 Å². The van der Waals surface area contributed by atoms with Gasteiger partial charge >= 0.3 is 11.9 Å². The average Bonchev–Trinajstić information content (AvgIpc) is 2.92. The third-order valence-corrected chi connectivity index (χ3v) is 6.35. The summed E-state index contributed by atoms with van der Waals surface area (Å²) in [7, 11) is 1.21.